The molecule has 5 heteroatoms. The molecule has 3 atom stereocenters. The highest BCUT2D eigenvalue weighted by molar-refractivity contribution is 5.71. The molecule has 0 aromatic carbocycles. The van der Waals surface area contributed by atoms with Crippen molar-refractivity contribution in [2.75, 3.05) is 7.11 Å². The van der Waals surface area contributed by atoms with Crippen LogP contribution in [0.3, 0.4) is 0 Å². The SMILES string of the molecule is CCC(CC(C)C(=O)OC)CC(C)(O)OOC1CCCCC1. The molecule has 0 radical (unpaired) electrons. The third-order valence-electron chi connectivity index (χ3n) is 4.45. The summed E-state index contributed by atoms with van der Waals surface area (Å²) in [5.74, 6) is -1.53. The van der Waals surface area contributed by atoms with Gasteiger partial charge in [-0.2, -0.15) is 0 Å². The molecule has 3 unspecified atom stereocenters. The standard InChI is InChI=1S/C17H32O5/c1-5-14(11-13(2)16(18)20-4)12-17(3,19)22-21-15-9-7-6-8-10-15/h13-15,19H,5-12H2,1-4H3. The predicted octanol–water partition coefficient (Wildman–Crippen LogP) is 3.59. The van der Waals surface area contributed by atoms with Crippen LogP contribution in [0.4, 0.5) is 0 Å². The third kappa shape index (κ3) is 7.07. The summed E-state index contributed by atoms with van der Waals surface area (Å²) in [5.41, 5.74) is 0. The lowest BCUT2D eigenvalue weighted by molar-refractivity contribution is -0.437. The Labute approximate surface area is 134 Å². The van der Waals surface area contributed by atoms with Crippen molar-refractivity contribution >= 4 is 5.97 Å². The molecular formula is C17H32O5. The number of esters is 1. The van der Waals surface area contributed by atoms with E-state index >= 15 is 0 Å². The average molecular weight is 316 g/mol. The van der Waals surface area contributed by atoms with Crippen LogP contribution in [0.15, 0.2) is 0 Å². The zero-order chi connectivity index (χ0) is 16.6. The van der Waals surface area contributed by atoms with Crippen molar-refractivity contribution in [3.05, 3.63) is 0 Å². The fraction of sp³-hybridized carbons (Fsp3) is 0.941. The Morgan fingerprint density at radius 2 is 1.95 bits per heavy atom. The van der Waals surface area contributed by atoms with Gasteiger partial charge in [-0.05, 0) is 32.1 Å². The van der Waals surface area contributed by atoms with Gasteiger partial charge in [0.05, 0.1) is 19.1 Å². The second-order valence-electron chi connectivity index (χ2n) is 6.75. The van der Waals surface area contributed by atoms with E-state index in [-0.39, 0.29) is 23.9 Å². The maximum Gasteiger partial charge on any atom is 0.308 e. The van der Waals surface area contributed by atoms with Crippen LogP contribution >= 0.6 is 0 Å². The Balaban J connectivity index is 2.40. The van der Waals surface area contributed by atoms with E-state index in [1.807, 2.05) is 13.8 Å². The molecule has 1 rings (SSSR count). The number of ether oxygens (including phenoxy) is 1. The molecule has 0 heterocycles. The second-order valence-corrected chi connectivity index (χ2v) is 6.75. The molecule has 0 bridgehead atoms. The van der Waals surface area contributed by atoms with Gasteiger partial charge in [-0.1, -0.05) is 39.5 Å². The Bertz CT molecular complexity index is 323. The molecule has 1 aliphatic rings. The van der Waals surface area contributed by atoms with Crippen LogP contribution < -0.4 is 0 Å². The molecule has 1 fully saturated rings. The first-order chi connectivity index (χ1) is 10.4. The van der Waals surface area contributed by atoms with Crippen LogP contribution in [0, 0.1) is 11.8 Å². The zero-order valence-corrected chi connectivity index (χ0v) is 14.5. The summed E-state index contributed by atoms with van der Waals surface area (Å²) in [6, 6.07) is 0. The molecule has 1 aliphatic carbocycles. The number of rotatable bonds is 9. The van der Waals surface area contributed by atoms with Crippen molar-refractivity contribution in [1.82, 2.24) is 0 Å². The lowest BCUT2D eigenvalue weighted by atomic mass is 9.88. The van der Waals surface area contributed by atoms with E-state index in [2.05, 4.69) is 0 Å². The molecule has 5 nitrogen and oxygen atoms in total. The summed E-state index contributed by atoms with van der Waals surface area (Å²) in [7, 11) is 1.40. The molecule has 1 N–H and O–H groups in total. The van der Waals surface area contributed by atoms with Crippen molar-refractivity contribution in [2.24, 2.45) is 11.8 Å². The summed E-state index contributed by atoms with van der Waals surface area (Å²) in [4.78, 5) is 22.3. The van der Waals surface area contributed by atoms with Crippen molar-refractivity contribution in [1.29, 1.82) is 0 Å². The molecule has 0 aromatic heterocycles. The van der Waals surface area contributed by atoms with Gasteiger partial charge in [0, 0.05) is 6.42 Å². The largest absolute Gasteiger partial charge is 0.469 e. The minimum absolute atomic E-state index is 0.0919. The number of aliphatic hydroxyl groups is 1. The van der Waals surface area contributed by atoms with E-state index in [9.17, 15) is 9.90 Å². The first-order valence-electron chi connectivity index (χ1n) is 8.52. The summed E-state index contributed by atoms with van der Waals surface area (Å²) in [6.45, 7) is 5.52. The molecule has 0 aromatic rings. The van der Waals surface area contributed by atoms with Gasteiger partial charge < -0.3 is 9.84 Å². The van der Waals surface area contributed by atoms with Crippen LogP contribution in [0.25, 0.3) is 0 Å². The Morgan fingerprint density at radius 3 is 2.50 bits per heavy atom. The van der Waals surface area contributed by atoms with E-state index < -0.39 is 5.79 Å². The van der Waals surface area contributed by atoms with Crippen molar-refractivity contribution in [3.63, 3.8) is 0 Å². The Hall–Kier alpha value is -0.650. The van der Waals surface area contributed by atoms with E-state index in [0.29, 0.717) is 12.8 Å². The smallest absolute Gasteiger partial charge is 0.308 e. The number of carbonyl (C=O) groups excluding carboxylic acids is 1. The minimum Gasteiger partial charge on any atom is -0.469 e. The van der Waals surface area contributed by atoms with Gasteiger partial charge in [0.25, 0.3) is 0 Å². The maximum absolute atomic E-state index is 11.5. The van der Waals surface area contributed by atoms with E-state index in [1.165, 1.54) is 13.5 Å². The predicted molar refractivity (Wildman–Crippen MR) is 83.9 cm³/mol. The second kappa shape index (κ2) is 9.48. The number of hydrogen-bond donors (Lipinski definition) is 1. The molecule has 0 spiro atoms. The number of carbonyl (C=O) groups is 1. The van der Waals surface area contributed by atoms with E-state index in [1.54, 1.807) is 6.92 Å². The van der Waals surface area contributed by atoms with Crippen molar-refractivity contribution < 1.29 is 24.4 Å². The van der Waals surface area contributed by atoms with Crippen molar-refractivity contribution in [2.45, 2.75) is 84.0 Å². The molecule has 0 aliphatic heterocycles. The fourth-order valence-corrected chi connectivity index (χ4v) is 3.09. The van der Waals surface area contributed by atoms with Gasteiger partial charge in [-0.3, -0.25) is 4.79 Å². The van der Waals surface area contributed by atoms with Gasteiger partial charge in [0.1, 0.15) is 0 Å². The van der Waals surface area contributed by atoms with Crippen LogP contribution in [-0.2, 0) is 19.3 Å². The number of hydrogen-bond acceptors (Lipinski definition) is 5. The molecule has 130 valence electrons. The average Bonchev–Trinajstić information content (AvgIpc) is 2.52. The molecule has 0 amide bonds. The van der Waals surface area contributed by atoms with Gasteiger partial charge in [-0.15, -0.1) is 0 Å². The minimum atomic E-state index is -1.33. The Morgan fingerprint density at radius 1 is 1.32 bits per heavy atom. The van der Waals surface area contributed by atoms with Gasteiger partial charge in [-0.25, -0.2) is 9.78 Å². The summed E-state index contributed by atoms with van der Waals surface area (Å²) < 4.78 is 4.76. The quantitative estimate of drug-likeness (QED) is 0.305. The zero-order valence-electron chi connectivity index (χ0n) is 14.5. The molecule has 1 saturated carbocycles. The Kier molecular flexibility index (Phi) is 8.36. The van der Waals surface area contributed by atoms with Gasteiger partial charge in [0.2, 0.25) is 0 Å². The maximum atomic E-state index is 11.5. The van der Waals surface area contributed by atoms with Crippen LogP contribution in [0.2, 0.25) is 0 Å². The first kappa shape index (κ1) is 19.4. The summed E-state index contributed by atoms with van der Waals surface area (Å²) in [6.07, 6.45) is 7.62. The van der Waals surface area contributed by atoms with Gasteiger partial charge >= 0.3 is 5.97 Å². The normalized spacial score (nSPS) is 21.9. The van der Waals surface area contributed by atoms with Crippen LogP contribution in [0.1, 0.15) is 72.1 Å². The van der Waals surface area contributed by atoms with Gasteiger partial charge in [0.15, 0.2) is 5.79 Å². The molecule has 0 saturated heterocycles. The molecular weight excluding hydrogens is 284 g/mol. The first-order valence-corrected chi connectivity index (χ1v) is 8.52. The monoisotopic (exact) mass is 316 g/mol. The molecule has 22 heavy (non-hydrogen) atoms. The topological polar surface area (TPSA) is 65.0 Å². The van der Waals surface area contributed by atoms with E-state index in [4.69, 9.17) is 14.5 Å². The lowest BCUT2D eigenvalue weighted by Gasteiger charge is -2.30. The fourth-order valence-electron chi connectivity index (χ4n) is 3.09. The van der Waals surface area contributed by atoms with E-state index in [0.717, 1.165) is 32.1 Å². The number of methoxy groups -OCH3 is 1. The van der Waals surface area contributed by atoms with Crippen LogP contribution in [-0.4, -0.2) is 30.1 Å². The highest BCUT2D eigenvalue weighted by Gasteiger charge is 2.30. The highest BCUT2D eigenvalue weighted by atomic mass is 17.2. The highest BCUT2D eigenvalue weighted by Crippen LogP contribution is 2.29. The van der Waals surface area contributed by atoms with Crippen molar-refractivity contribution in [3.8, 4) is 0 Å². The lowest BCUT2D eigenvalue weighted by Crippen LogP contribution is -2.34. The summed E-state index contributed by atoms with van der Waals surface area (Å²) in [5, 5.41) is 10.4. The third-order valence-corrected chi connectivity index (χ3v) is 4.45. The van der Waals surface area contributed by atoms with Crippen LogP contribution in [0.5, 0.6) is 0 Å². The summed E-state index contributed by atoms with van der Waals surface area (Å²) >= 11 is 0.